The van der Waals surface area contributed by atoms with Gasteiger partial charge in [-0.15, -0.1) is 22.7 Å². The number of aliphatic hydroxyl groups is 1. The van der Waals surface area contributed by atoms with E-state index in [0.29, 0.717) is 0 Å². The molecular formula is C11H11BrOS2. The van der Waals surface area contributed by atoms with Crippen LogP contribution in [0, 0.1) is 13.8 Å². The minimum atomic E-state index is -0.488. The Kier molecular flexibility index (Phi) is 3.30. The molecule has 0 bridgehead atoms. The second kappa shape index (κ2) is 4.37. The Morgan fingerprint density at radius 2 is 2.07 bits per heavy atom. The lowest BCUT2D eigenvalue weighted by molar-refractivity contribution is 0.226. The fourth-order valence-electron chi connectivity index (χ4n) is 1.47. The summed E-state index contributed by atoms with van der Waals surface area (Å²) in [4.78, 5) is 3.25. The highest BCUT2D eigenvalue weighted by molar-refractivity contribution is 9.10. The fourth-order valence-corrected chi connectivity index (χ4v) is 4.33. The van der Waals surface area contributed by atoms with Crippen LogP contribution in [0.1, 0.15) is 26.3 Å². The average molecular weight is 303 g/mol. The maximum Gasteiger partial charge on any atom is 0.124 e. The summed E-state index contributed by atoms with van der Waals surface area (Å²) in [5.74, 6) is 0. The molecule has 0 aliphatic rings. The normalized spacial score (nSPS) is 13.1. The van der Waals surface area contributed by atoms with Crippen LogP contribution in [-0.4, -0.2) is 5.11 Å². The summed E-state index contributed by atoms with van der Waals surface area (Å²) in [5, 5.41) is 12.3. The van der Waals surface area contributed by atoms with Crippen molar-refractivity contribution in [1.29, 1.82) is 0 Å². The van der Waals surface area contributed by atoms with Gasteiger partial charge in [-0.3, -0.25) is 0 Å². The van der Waals surface area contributed by atoms with Crippen molar-refractivity contribution < 1.29 is 5.11 Å². The van der Waals surface area contributed by atoms with Gasteiger partial charge in [0.05, 0.1) is 4.88 Å². The maximum atomic E-state index is 10.2. The van der Waals surface area contributed by atoms with Gasteiger partial charge in [-0.1, -0.05) is 0 Å². The average Bonchev–Trinajstić information content (AvgIpc) is 2.71. The first kappa shape index (κ1) is 11.3. The van der Waals surface area contributed by atoms with E-state index in [-0.39, 0.29) is 0 Å². The van der Waals surface area contributed by atoms with Crippen LogP contribution >= 0.6 is 38.6 Å². The SMILES string of the molecule is Cc1cc(Br)c(C(O)c2sccc2C)s1. The summed E-state index contributed by atoms with van der Waals surface area (Å²) in [5.41, 5.74) is 1.16. The van der Waals surface area contributed by atoms with E-state index in [2.05, 4.69) is 15.9 Å². The quantitative estimate of drug-likeness (QED) is 0.878. The van der Waals surface area contributed by atoms with Gasteiger partial charge >= 0.3 is 0 Å². The molecule has 2 heterocycles. The van der Waals surface area contributed by atoms with E-state index in [4.69, 9.17) is 0 Å². The molecule has 0 aromatic carbocycles. The summed E-state index contributed by atoms with van der Waals surface area (Å²) < 4.78 is 1.00. The highest BCUT2D eigenvalue weighted by Gasteiger charge is 2.18. The van der Waals surface area contributed by atoms with Crippen molar-refractivity contribution in [3.8, 4) is 0 Å². The molecule has 0 radical (unpaired) electrons. The van der Waals surface area contributed by atoms with Crippen molar-refractivity contribution >= 4 is 38.6 Å². The van der Waals surface area contributed by atoms with Crippen molar-refractivity contribution in [1.82, 2.24) is 0 Å². The molecule has 2 aromatic rings. The first-order valence-corrected chi connectivity index (χ1v) is 7.06. The Morgan fingerprint density at radius 3 is 2.53 bits per heavy atom. The minimum absolute atomic E-state index is 0.488. The Hall–Kier alpha value is -0.160. The predicted octanol–water partition coefficient (Wildman–Crippen LogP) is 4.27. The van der Waals surface area contributed by atoms with E-state index in [1.54, 1.807) is 22.7 Å². The smallest absolute Gasteiger partial charge is 0.124 e. The van der Waals surface area contributed by atoms with Gasteiger partial charge in [-0.2, -0.15) is 0 Å². The topological polar surface area (TPSA) is 20.2 Å². The summed E-state index contributed by atoms with van der Waals surface area (Å²) in [6.07, 6.45) is -0.488. The van der Waals surface area contributed by atoms with Crippen LogP contribution in [0.3, 0.4) is 0 Å². The molecule has 0 spiro atoms. The summed E-state index contributed by atoms with van der Waals surface area (Å²) >= 11 is 6.73. The van der Waals surface area contributed by atoms with Crippen LogP contribution in [-0.2, 0) is 0 Å². The van der Waals surface area contributed by atoms with E-state index in [9.17, 15) is 5.11 Å². The van der Waals surface area contributed by atoms with Crippen LogP contribution in [0.4, 0.5) is 0 Å². The number of halogens is 1. The molecule has 15 heavy (non-hydrogen) atoms. The second-order valence-electron chi connectivity index (χ2n) is 3.44. The third-order valence-electron chi connectivity index (χ3n) is 2.23. The molecule has 80 valence electrons. The molecule has 0 amide bonds. The van der Waals surface area contributed by atoms with Crippen LogP contribution in [0.25, 0.3) is 0 Å². The second-order valence-corrected chi connectivity index (χ2v) is 6.53. The Morgan fingerprint density at radius 1 is 1.33 bits per heavy atom. The number of hydrogen-bond donors (Lipinski definition) is 1. The molecule has 0 saturated carbocycles. The Labute approximate surface area is 106 Å². The lowest BCUT2D eigenvalue weighted by Crippen LogP contribution is -1.96. The first-order valence-electron chi connectivity index (χ1n) is 4.57. The molecular weight excluding hydrogens is 292 g/mol. The van der Waals surface area contributed by atoms with E-state index >= 15 is 0 Å². The molecule has 0 aliphatic carbocycles. The summed E-state index contributed by atoms with van der Waals surface area (Å²) in [6, 6.07) is 4.09. The minimum Gasteiger partial charge on any atom is -0.382 e. The molecule has 0 aliphatic heterocycles. The number of thiophene rings is 2. The molecule has 1 nitrogen and oxygen atoms in total. The molecule has 2 rings (SSSR count). The highest BCUT2D eigenvalue weighted by Crippen LogP contribution is 2.38. The molecule has 1 atom stereocenters. The number of aliphatic hydroxyl groups excluding tert-OH is 1. The highest BCUT2D eigenvalue weighted by atomic mass is 79.9. The van der Waals surface area contributed by atoms with Crippen LogP contribution < -0.4 is 0 Å². The van der Waals surface area contributed by atoms with Crippen molar-refractivity contribution in [2.75, 3.05) is 0 Å². The van der Waals surface area contributed by atoms with E-state index in [0.717, 1.165) is 19.8 Å². The van der Waals surface area contributed by atoms with Gasteiger partial charge in [0.25, 0.3) is 0 Å². The zero-order chi connectivity index (χ0) is 11.0. The van der Waals surface area contributed by atoms with Crippen molar-refractivity contribution in [3.05, 3.63) is 42.2 Å². The van der Waals surface area contributed by atoms with Crippen LogP contribution in [0.15, 0.2) is 22.0 Å². The lowest BCUT2D eigenvalue weighted by atomic mass is 10.2. The number of hydrogen-bond acceptors (Lipinski definition) is 3. The number of rotatable bonds is 2. The largest absolute Gasteiger partial charge is 0.382 e. The lowest BCUT2D eigenvalue weighted by Gasteiger charge is -2.08. The van der Waals surface area contributed by atoms with Gasteiger partial charge in [-0.25, -0.2) is 0 Å². The van der Waals surface area contributed by atoms with E-state index in [1.807, 2.05) is 31.4 Å². The van der Waals surface area contributed by atoms with Gasteiger partial charge in [0, 0.05) is 14.2 Å². The first-order chi connectivity index (χ1) is 7.09. The van der Waals surface area contributed by atoms with Crippen molar-refractivity contribution in [2.24, 2.45) is 0 Å². The van der Waals surface area contributed by atoms with Crippen LogP contribution in [0.2, 0.25) is 0 Å². The van der Waals surface area contributed by atoms with Gasteiger partial charge in [0.1, 0.15) is 6.10 Å². The summed E-state index contributed by atoms with van der Waals surface area (Å²) in [7, 11) is 0. The third kappa shape index (κ3) is 2.18. The van der Waals surface area contributed by atoms with Crippen molar-refractivity contribution in [3.63, 3.8) is 0 Å². The van der Waals surface area contributed by atoms with Gasteiger partial charge in [0.15, 0.2) is 0 Å². The fraction of sp³-hybridized carbons (Fsp3) is 0.273. The molecule has 1 N–H and O–H groups in total. The van der Waals surface area contributed by atoms with Crippen LogP contribution in [0.5, 0.6) is 0 Å². The van der Waals surface area contributed by atoms with Gasteiger partial charge in [0.2, 0.25) is 0 Å². The molecule has 2 aromatic heterocycles. The zero-order valence-corrected chi connectivity index (χ0v) is 11.7. The predicted molar refractivity (Wildman–Crippen MR) is 69.9 cm³/mol. The standard InChI is InChI=1S/C11H11BrOS2/c1-6-3-4-14-10(6)9(13)11-8(12)5-7(2)15-11/h3-5,9,13H,1-2H3. The summed E-state index contributed by atoms with van der Waals surface area (Å²) in [6.45, 7) is 4.08. The molecule has 4 heteroatoms. The molecule has 0 saturated heterocycles. The zero-order valence-electron chi connectivity index (χ0n) is 8.45. The van der Waals surface area contributed by atoms with Gasteiger partial charge < -0.3 is 5.11 Å². The third-order valence-corrected chi connectivity index (χ3v) is 5.33. The Bertz CT molecular complexity index is 473. The monoisotopic (exact) mass is 302 g/mol. The number of aryl methyl sites for hydroxylation is 2. The van der Waals surface area contributed by atoms with E-state index < -0.39 is 6.10 Å². The molecule has 0 fully saturated rings. The maximum absolute atomic E-state index is 10.2. The van der Waals surface area contributed by atoms with E-state index in [1.165, 1.54) is 4.88 Å². The molecule has 1 unspecified atom stereocenters. The van der Waals surface area contributed by atoms with Gasteiger partial charge in [-0.05, 0) is 52.9 Å². The van der Waals surface area contributed by atoms with Crippen molar-refractivity contribution in [2.45, 2.75) is 20.0 Å². The Balaban J connectivity index is 2.40.